The van der Waals surface area contributed by atoms with Crippen LogP contribution in [0.3, 0.4) is 0 Å². The molecule has 0 radical (unpaired) electrons. The second-order valence-electron chi connectivity index (χ2n) is 6.67. The first kappa shape index (κ1) is 16.8. The summed E-state index contributed by atoms with van der Waals surface area (Å²) in [6.07, 6.45) is 1.07. The second-order valence-corrected chi connectivity index (χ2v) is 6.67. The van der Waals surface area contributed by atoms with Crippen molar-refractivity contribution in [2.24, 2.45) is 0 Å². The zero-order valence-electron chi connectivity index (χ0n) is 15.2. The van der Waals surface area contributed by atoms with Gasteiger partial charge in [0.25, 0.3) is 0 Å². The molecule has 0 aliphatic carbocycles. The number of nitrogens with one attached hydrogen (secondary N) is 2. The van der Waals surface area contributed by atoms with E-state index in [9.17, 15) is 0 Å². The van der Waals surface area contributed by atoms with Crippen LogP contribution in [0.15, 0.2) is 36.4 Å². The minimum atomic E-state index is 0.872. The van der Waals surface area contributed by atoms with Gasteiger partial charge in [0.2, 0.25) is 0 Å². The molecule has 0 saturated carbocycles. The number of nitrogens with zero attached hydrogens (tertiary/aromatic N) is 1. The molecule has 0 amide bonds. The molecule has 3 heteroatoms. The van der Waals surface area contributed by atoms with E-state index in [1.54, 1.807) is 0 Å². The molecular formula is C21H29N3. The quantitative estimate of drug-likeness (QED) is 0.874. The maximum Gasteiger partial charge on any atom is 0.0403 e. The molecule has 1 heterocycles. The number of anilines is 2. The van der Waals surface area contributed by atoms with Gasteiger partial charge >= 0.3 is 0 Å². The van der Waals surface area contributed by atoms with E-state index in [2.05, 4.69) is 72.7 Å². The molecule has 24 heavy (non-hydrogen) atoms. The Balaban J connectivity index is 1.77. The summed E-state index contributed by atoms with van der Waals surface area (Å²) in [5.41, 5.74) is 8.17. The second kappa shape index (κ2) is 7.71. The maximum atomic E-state index is 3.62. The molecule has 0 atom stereocenters. The summed E-state index contributed by atoms with van der Waals surface area (Å²) in [4.78, 5) is 2.52. The van der Waals surface area contributed by atoms with Crippen LogP contribution < -0.4 is 15.5 Å². The van der Waals surface area contributed by atoms with Gasteiger partial charge in [0, 0.05) is 44.1 Å². The van der Waals surface area contributed by atoms with E-state index in [4.69, 9.17) is 0 Å². The average Bonchev–Trinajstić information content (AvgIpc) is 2.62. The van der Waals surface area contributed by atoms with Crippen molar-refractivity contribution < 1.29 is 0 Å². The molecule has 2 N–H and O–H groups in total. The molecule has 1 fully saturated rings. The zero-order valence-corrected chi connectivity index (χ0v) is 15.2. The third-order valence-electron chi connectivity index (χ3n) is 4.99. The highest BCUT2D eigenvalue weighted by molar-refractivity contribution is 5.66. The van der Waals surface area contributed by atoms with Crippen LogP contribution in [0.1, 0.15) is 29.2 Å². The Morgan fingerprint density at radius 3 is 2.38 bits per heavy atom. The molecule has 2 aromatic carbocycles. The Bertz CT molecular complexity index is 670. The van der Waals surface area contributed by atoms with Crippen molar-refractivity contribution in [3.05, 3.63) is 58.7 Å². The normalized spacial score (nSPS) is 14.7. The summed E-state index contributed by atoms with van der Waals surface area (Å²) in [6, 6.07) is 13.3. The lowest BCUT2D eigenvalue weighted by Crippen LogP contribution is -2.44. The van der Waals surface area contributed by atoms with Crippen LogP contribution in [0.2, 0.25) is 0 Å². The van der Waals surface area contributed by atoms with Gasteiger partial charge in [-0.15, -0.1) is 0 Å². The Morgan fingerprint density at radius 1 is 1.00 bits per heavy atom. The van der Waals surface area contributed by atoms with Crippen molar-refractivity contribution >= 4 is 11.4 Å². The summed E-state index contributed by atoms with van der Waals surface area (Å²) in [5, 5.41) is 7.06. The van der Waals surface area contributed by atoms with Crippen LogP contribution in [0, 0.1) is 13.8 Å². The summed E-state index contributed by atoms with van der Waals surface area (Å²) in [7, 11) is 0. The Morgan fingerprint density at radius 2 is 1.71 bits per heavy atom. The van der Waals surface area contributed by atoms with E-state index in [0.717, 1.165) is 39.1 Å². The van der Waals surface area contributed by atoms with E-state index in [-0.39, 0.29) is 0 Å². The van der Waals surface area contributed by atoms with Gasteiger partial charge < -0.3 is 15.5 Å². The topological polar surface area (TPSA) is 27.3 Å². The number of benzene rings is 2. The predicted molar refractivity (Wildman–Crippen MR) is 104 cm³/mol. The molecule has 0 bridgehead atoms. The molecule has 128 valence electrons. The van der Waals surface area contributed by atoms with Crippen molar-refractivity contribution in [1.29, 1.82) is 0 Å². The molecule has 0 unspecified atom stereocenters. The van der Waals surface area contributed by atoms with E-state index in [1.807, 2.05) is 0 Å². The molecule has 2 aromatic rings. The fourth-order valence-electron chi connectivity index (χ4n) is 3.49. The van der Waals surface area contributed by atoms with Crippen molar-refractivity contribution in [3.63, 3.8) is 0 Å². The first-order chi connectivity index (χ1) is 11.7. The number of rotatable bonds is 5. The fourth-order valence-corrected chi connectivity index (χ4v) is 3.49. The molecular weight excluding hydrogens is 294 g/mol. The molecule has 3 rings (SSSR count). The number of hydrogen-bond acceptors (Lipinski definition) is 3. The van der Waals surface area contributed by atoms with Gasteiger partial charge in [-0.05, 0) is 49.1 Å². The fraction of sp³-hybridized carbons (Fsp3) is 0.429. The number of aryl methyl sites for hydroxylation is 1. The highest BCUT2D eigenvalue weighted by Gasteiger charge is 2.16. The average molecular weight is 323 g/mol. The Hall–Kier alpha value is -2.00. The minimum absolute atomic E-state index is 0.872. The van der Waals surface area contributed by atoms with Crippen LogP contribution >= 0.6 is 0 Å². The molecule has 1 saturated heterocycles. The maximum absolute atomic E-state index is 3.62. The highest BCUT2D eigenvalue weighted by Crippen LogP contribution is 2.30. The Labute approximate surface area is 146 Å². The van der Waals surface area contributed by atoms with Crippen LogP contribution in [0.4, 0.5) is 11.4 Å². The Kier molecular flexibility index (Phi) is 5.41. The first-order valence-electron chi connectivity index (χ1n) is 9.06. The van der Waals surface area contributed by atoms with Gasteiger partial charge in [0.15, 0.2) is 0 Å². The highest BCUT2D eigenvalue weighted by atomic mass is 15.2. The predicted octanol–water partition coefficient (Wildman–Crippen LogP) is 3.89. The molecule has 1 aliphatic heterocycles. The standard InChI is InChI=1S/C21H29N3/c1-4-19-17(3)20(23-15-18-7-5-16(2)6-8-18)9-10-21(19)24-13-11-22-12-14-24/h5-10,22-23H,4,11-15H2,1-3H3. The lowest BCUT2D eigenvalue weighted by Gasteiger charge is -2.32. The summed E-state index contributed by atoms with van der Waals surface area (Å²) >= 11 is 0. The summed E-state index contributed by atoms with van der Waals surface area (Å²) < 4.78 is 0. The smallest absolute Gasteiger partial charge is 0.0403 e. The molecule has 1 aliphatic rings. The van der Waals surface area contributed by atoms with Gasteiger partial charge in [0.05, 0.1) is 0 Å². The lowest BCUT2D eigenvalue weighted by molar-refractivity contribution is 0.588. The SMILES string of the molecule is CCc1c(N2CCNCC2)ccc(NCc2ccc(C)cc2)c1C. The lowest BCUT2D eigenvalue weighted by atomic mass is 10.0. The number of hydrogen-bond donors (Lipinski definition) is 2. The third kappa shape index (κ3) is 3.73. The van der Waals surface area contributed by atoms with Gasteiger partial charge in [-0.3, -0.25) is 0 Å². The first-order valence-corrected chi connectivity index (χ1v) is 9.06. The largest absolute Gasteiger partial charge is 0.381 e. The van der Waals surface area contributed by atoms with Crippen molar-refractivity contribution in [2.75, 3.05) is 36.4 Å². The van der Waals surface area contributed by atoms with Crippen LogP contribution in [0.5, 0.6) is 0 Å². The third-order valence-corrected chi connectivity index (χ3v) is 4.99. The summed E-state index contributed by atoms with van der Waals surface area (Å²) in [6.45, 7) is 11.9. The van der Waals surface area contributed by atoms with Gasteiger partial charge in [-0.1, -0.05) is 36.8 Å². The minimum Gasteiger partial charge on any atom is -0.381 e. The molecule has 0 aromatic heterocycles. The van der Waals surface area contributed by atoms with Gasteiger partial charge in [-0.2, -0.15) is 0 Å². The monoisotopic (exact) mass is 323 g/mol. The molecule has 0 spiro atoms. The summed E-state index contributed by atoms with van der Waals surface area (Å²) in [5.74, 6) is 0. The van der Waals surface area contributed by atoms with Crippen LogP contribution in [0.25, 0.3) is 0 Å². The van der Waals surface area contributed by atoms with Gasteiger partial charge in [-0.25, -0.2) is 0 Å². The van der Waals surface area contributed by atoms with E-state index in [0.29, 0.717) is 0 Å². The van der Waals surface area contributed by atoms with Crippen LogP contribution in [-0.4, -0.2) is 26.2 Å². The van der Waals surface area contributed by atoms with Crippen molar-refractivity contribution in [1.82, 2.24) is 5.32 Å². The van der Waals surface area contributed by atoms with E-state index in [1.165, 1.54) is 33.6 Å². The van der Waals surface area contributed by atoms with Crippen molar-refractivity contribution in [3.8, 4) is 0 Å². The van der Waals surface area contributed by atoms with Gasteiger partial charge in [0.1, 0.15) is 0 Å². The van der Waals surface area contributed by atoms with E-state index >= 15 is 0 Å². The molecule has 3 nitrogen and oxygen atoms in total. The van der Waals surface area contributed by atoms with Crippen LogP contribution in [-0.2, 0) is 13.0 Å². The van der Waals surface area contributed by atoms with Crippen molar-refractivity contribution in [2.45, 2.75) is 33.7 Å². The van der Waals surface area contributed by atoms with E-state index < -0.39 is 0 Å². The zero-order chi connectivity index (χ0) is 16.9. The number of piperazine rings is 1.